The molecule has 1 heterocycles. The number of benzene rings is 1. The Morgan fingerprint density at radius 1 is 1.41 bits per heavy atom. The number of amides is 2. The number of rotatable bonds is 9. The zero-order valence-corrected chi connectivity index (χ0v) is 15.4. The highest BCUT2D eigenvalue weighted by atomic mass is 16.6. The Balaban J connectivity index is 2.14. The van der Waals surface area contributed by atoms with Crippen LogP contribution in [0.2, 0.25) is 0 Å². The van der Waals surface area contributed by atoms with E-state index in [4.69, 9.17) is 9.47 Å². The van der Waals surface area contributed by atoms with Crippen molar-refractivity contribution in [2.45, 2.75) is 44.2 Å². The lowest BCUT2D eigenvalue weighted by Crippen LogP contribution is -2.48. The third-order valence-corrected chi connectivity index (χ3v) is 4.40. The highest BCUT2D eigenvalue weighted by Gasteiger charge is 2.45. The van der Waals surface area contributed by atoms with Crippen LogP contribution >= 0.6 is 0 Å². The molecule has 2 rings (SSSR count). The maximum absolute atomic E-state index is 12.8. The van der Waals surface area contributed by atoms with Gasteiger partial charge >= 0.3 is 12.1 Å². The molecular formula is C20H25NO6. The van der Waals surface area contributed by atoms with E-state index in [9.17, 15) is 19.5 Å². The molecule has 0 unspecified atom stereocenters. The van der Waals surface area contributed by atoms with Crippen LogP contribution < -0.4 is 0 Å². The molecule has 7 nitrogen and oxygen atoms in total. The lowest BCUT2D eigenvalue weighted by atomic mass is 9.92. The molecule has 1 aromatic rings. The van der Waals surface area contributed by atoms with Gasteiger partial charge in [-0.25, -0.2) is 14.5 Å². The van der Waals surface area contributed by atoms with Crippen LogP contribution in [0.5, 0.6) is 0 Å². The summed E-state index contributed by atoms with van der Waals surface area (Å²) in [6, 6.07) is 8.91. The highest BCUT2D eigenvalue weighted by molar-refractivity contribution is 5.96. The minimum Gasteiger partial charge on any atom is -0.464 e. The van der Waals surface area contributed by atoms with E-state index in [0.29, 0.717) is 12.8 Å². The van der Waals surface area contributed by atoms with Gasteiger partial charge in [0.05, 0.1) is 19.1 Å². The van der Waals surface area contributed by atoms with Gasteiger partial charge in [0.1, 0.15) is 6.61 Å². The summed E-state index contributed by atoms with van der Waals surface area (Å²) in [5.41, 5.74) is -1.06. The average Bonchev–Trinajstić information content (AvgIpc) is 3.01. The number of hydrogen-bond acceptors (Lipinski definition) is 6. The fourth-order valence-corrected chi connectivity index (χ4v) is 3.01. The molecule has 0 aromatic heterocycles. The van der Waals surface area contributed by atoms with Gasteiger partial charge in [-0.05, 0) is 31.7 Å². The minimum absolute atomic E-state index is 0.0205. The molecule has 1 fully saturated rings. The molecule has 146 valence electrons. The second kappa shape index (κ2) is 9.32. The SMILES string of the molecule is C=CCC[C@](O)(CC(=O)N1C(=O)OC[C@H]1Cc1ccccc1)C(=O)OCC. The van der Waals surface area contributed by atoms with E-state index in [1.807, 2.05) is 30.3 Å². The first kappa shape index (κ1) is 20.6. The average molecular weight is 375 g/mol. The number of carbonyl (C=O) groups excluding carboxylic acids is 3. The number of hydrogen-bond donors (Lipinski definition) is 1. The summed E-state index contributed by atoms with van der Waals surface area (Å²) in [6.45, 7) is 5.33. The number of imide groups is 1. The predicted octanol–water partition coefficient (Wildman–Crippen LogP) is 2.23. The van der Waals surface area contributed by atoms with Crippen molar-refractivity contribution in [1.29, 1.82) is 0 Å². The highest BCUT2D eigenvalue weighted by Crippen LogP contribution is 2.25. The van der Waals surface area contributed by atoms with Gasteiger partial charge in [0.2, 0.25) is 5.91 Å². The van der Waals surface area contributed by atoms with Crippen LogP contribution in [0.15, 0.2) is 43.0 Å². The molecule has 0 spiro atoms. The largest absolute Gasteiger partial charge is 0.464 e. The van der Waals surface area contributed by atoms with E-state index in [1.165, 1.54) is 6.08 Å². The maximum atomic E-state index is 12.8. The molecule has 0 bridgehead atoms. The van der Waals surface area contributed by atoms with Crippen molar-refractivity contribution < 1.29 is 29.0 Å². The summed E-state index contributed by atoms with van der Waals surface area (Å²) >= 11 is 0. The summed E-state index contributed by atoms with van der Waals surface area (Å²) in [5.74, 6) is -1.55. The summed E-state index contributed by atoms with van der Waals surface area (Å²) in [5, 5.41) is 10.7. The van der Waals surface area contributed by atoms with Crippen molar-refractivity contribution in [3.8, 4) is 0 Å². The monoisotopic (exact) mass is 375 g/mol. The number of allylic oxidation sites excluding steroid dienone is 1. The number of carbonyl (C=O) groups is 3. The molecule has 0 aliphatic carbocycles. The van der Waals surface area contributed by atoms with E-state index in [-0.39, 0.29) is 19.6 Å². The minimum atomic E-state index is -2.01. The van der Waals surface area contributed by atoms with Crippen LogP contribution in [0.1, 0.15) is 31.7 Å². The standard InChI is InChI=1S/C20H25NO6/c1-3-5-11-20(25,18(23)26-4-2)13-17(22)21-16(14-27-19(21)24)12-15-9-7-6-8-10-15/h3,6-10,16,25H,1,4-5,11-14H2,2H3/t16-,20+/m1/s1. The summed E-state index contributed by atoms with van der Waals surface area (Å²) < 4.78 is 9.93. The van der Waals surface area contributed by atoms with Crippen LogP contribution in [-0.2, 0) is 25.5 Å². The van der Waals surface area contributed by atoms with Crippen LogP contribution in [0.3, 0.4) is 0 Å². The fraction of sp³-hybridized carbons (Fsp3) is 0.450. The Kier molecular flexibility index (Phi) is 7.12. The number of esters is 1. The number of nitrogens with zero attached hydrogens (tertiary/aromatic N) is 1. The molecule has 1 saturated heterocycles. The molecule has 1 aromatic carbocycles. The van der Waals surface area contributed by atoms with Crippen molar-refractivity contribution in [1.82, 2.24) is 4.90 Å². The molecule has 7 heteroatoms. The molecule has 0 radical (unpaired) electrons. The number of ether oxygens (including phenoxy) is 2. The lowest BCUT2D eigenvalue weighted by Gasteiger charge is -2.27. The van der Waals surface area contributed by atoms with Gasteiger partial charge in [-0.3, -0.25) is 4.79 Å². The van der Waals surface area contributed by atoms with Gasteiger partial charge in [-0.2, -0.15) is 0 Å². The topological polar surface area (TPSA) is 93.1 Å². The predicted molar refractivity (Wildman–Crippen MR) is 97.8 cm³/mol. The van der Waals surface area contributed by atoms with E-state index in [2.05, 4.69) is 6.58 Å². The smallest absolute Gasteiger partial charge is 0.416 e. The molecule has 2 amide bonds. The first-order chi connectivity index (χ1) is 12.9. The van der Waals surface area contributed by atoms with Crippen molar-refractivity contribution in [2.24, 2.45) is 0 Å². The molecule has 27 heavy (non-hydrogen) atoms. The fourth-order valence-electron chi connectivity index (χ4n) is 3.01. The molecule has 1 N–H and O–H groups in total. The maximum Gasteiger partial charge on any atom is 0.416 e. The van der Waals surface area contributed by atoms with Gasteiger partial charge in [0.15, 0.2) is 5.60 Å². The van der Waals surface area contributed by atoms with Crippen molar-refractivity contribution >= 4 is 18.0 Å². The second-order valence-electron chi connectivity index (χ2n) is 6.44. The van der Waals surface area contributed by atoms with Gasteiger partial charge in [0.25, 0.3) is 0 Å². The first-order valence-electron chi connectivity index (χ1n) is 8.94. The summed E-state index contributed by atoms with van der Waals surface area (Å²) in [7, 11) is 0. The normalized spacial score (nSPS) is 18.5. The first-order valence-corrected chi connectivity index (χ1v) is 8.94. The van der Waals surface area contributed by atoms with Gasteiger partial charge in [-0.1, -0.05) is 36.4 Å². The van der Waals surface area contributed by atoms with E-state index in [0.717, 1.165) is 10.5 Å². The van der Waals surface area contributed by atoms with E-state index in [1.54, 1.807) is 6.92 Å². The molecule has 1 aliphatic heterocycles. The molecular weight excluding hydrogens is 350 g/mol. The van der Waals surface area contributed by atoms with Crippen LogP contribution in [0, 0.1) is 0 Å². The number of cyclic esters (lactones) is 1. The zero-order valence-electron chi connectivity index (χ0n) is 15.4. The molecule has 2 atom stereocenters. The third kappa shape index (κ3) is 5.17. The lowest BCUT2D eigenvalue weighted by molar-refractivity contribution is -0.169. The van der Waals surface area contributed by atoms with E-state index < -0.39 is 36.0 Å². The molecule has 1 aliphatic rings. The second-order valence-corrected chi connectivity index (χ2v) is 6.44. The van der Waals surface area contributed by atoms with Crippen LogP contribution in [-0.4, -0.2) is 52.8 Å². The van der Waals surface area contributed by atoms with Crippen molar-refractivity contribution in [2.75, 3.05) is 13.2 Å². The van der Waals surface area contributed by atoms with E-state index >= 15 is 0 Å². The Bertz CT molecular complexity index is 689. The summed E-state index contributed by atoms with van der Waals surface area (Å²) in [6.07, 6.45) is 0.948. The van der Waals surface area contributed by atoms with Gasteiger partial charge < -0.3 is 14.6 Å². The Labute approximate surface area is 158 Å². The van der Waals surface area contributed by atoms with Crippen LogP contribution in [0.4, 0.5) is 4.79 Å². The summed E-state index contributed by atoms with van der Waals surface area (Å²) in [4.78, 5) is 38.0. The van der Waals surface area contributed by atoms with Crippen molar-refractivity contribution in [3.63, 3.8) is 0 Å². The Hall–Kier alpha value is -2.67. The molecule has 0 saturated carbocycles. The van der Waals surface area contributed by atoms with Gasteiger partial charge in [-0.15, -0.1) is 6.58 Å². The van der Waals surface area contributed by atoms with Gasteiger partial charge in [0, 0.05) is 0 Å². The Morgan fingerprint density at radius 2 is 2.11 bits per heavy atom. The van der Waals surface area contributed by atoms with Crippen LogP contribution in [0.25, 0.3) is 0 Å². The zero-order chi connectivity index (χ0) is 19.9. The number of aliphatic hydroxyl groups is 1. The van der Waals surface area contributed by atoms with Crippen molar-refractivity contribution in [3.05, 3.63) is 48.6 Å². The Morgan fingerprint density at radius 3 is 2.74 bits per heavy atom. The third-order valence-electron chi connectivity index (χ3n) is 4.40. The quantitative estimate of drug-likeness (QED) is 0.525.